The maximum atomic E-state index is 11.1. The second-order valence-corrected chi connectivity index (χ2v) is 3.19. The Hall–Kier alpha value is -1.79. The van der Waals surface area contributed by atoms with Crippen molar-refractivity contribution >= 4 is 5.97 Å². The number of ether oxygens (including phenoxy) is 1. The highest BCUT2D eigenvalue weighted by atomic mass is 16.5. The van der Waals surface area contributed by atoms with Gasteiger partial charge in [-0.05, 0) is 12.0 Å². The van der Waals surface area contributed by atoms with Gasteiger partial charge in [0.15, 0.2) is 0 Å². The highest BCUT2D eigenvalue weighted by molar-refractivity contribution is 5.88. The molecule has 3 heteroatoms. The van der Waals surface area contributed by atoms with Crippen molar-refractivity contribution < 1.29 is 14.6 Å². The fourth-order valence-electron chi connectivity index (χ4n) is 1.06. The Morgan fingerprint density at radius 1 is 1.31 bits per heavy atom. The summed E-state index contributed by atoms with van der Waals surface area (Å²) in [5.74, 6) is 4.48. The van der Waals surface area contributed by atoms with Crippen molar-refractivity contribution in [3.05, 3.63) is 35.9 Å². The van der Waals surface area contributed by atoms with Crippen LogP contribution in [0, 0.1) is 11.8 Å². The zero-order valence-corrected chi connectivity index (χ0v) is 8.98. The van der Waals surface area contributed by atoms with Gasteiger partial charge in [0.1, 0.15) is 6.61 Å². The number of benzene rings is 1. The van der Waals surface area contributed by atoms with E-state index in [1.54, 1.807) is 0 Å². The van der Waals surface area contributed by atoms with E-state index in [-0.39, 0.29) is 13.2 Å². The normalized spacial score (nSPS) is 9.06. The van der Waals surface area contributed by atoms with Gasteiger partial charge >= 0.3 is 5.97 Å². The second kappa shape index (κ2) is 7.49. The molecule has 0 aliphatic rings. The van der Waals surface area contributed by atoms with Crippen LogP contribution in [0.15, 0.2) is 30.3 Å². The van der Waals surface area contributed by atoms with Gasteiger partial charge in [-0.2, -0.15) is 0 Å². The van der Waals surface area contributed by atoms with Gasteiger partial charge in [0.25, 0.3) is 0 Å². The summed E-state index contributed by atoms with van der Waals surface area (Å²) in [4.78, 5) is 11.1. The van der Waals surface area contributed by atoms with Crippen LogP contribution in [0.25, 0.3) is 0 Å². The van der Waals surface area contributed by atoms with Gasteiger partial charge in [-0.15, -0.1) is 0 Å². The van der Waals surface area contributed by atoms with Crippen molar-refractivity contribution in [2.45, 2.75) is 19.4 Å². The summed E-state index contributed by atoms with van der Waals surface area (Å²) in [7, 11) is 0. The minimum Gasteiger partial charge on any atom is -0.451 e. The maximum Gasteiger partial charge on any atom is 0.384 e. The topological polar surface area (TPSA) is 46.5 Å². The Morgan fingerprint density at radius 3 is 2.75 bits per heavy atom. The summed E-state index contributed by atoms with van der Waals surface area (Å²) in [5.41, 5.74) is 0.938. The molecule has 1 aromatic carbocycles. The Balaban J connectivity index is 2.27. The van der Waals surface area contributed by atoms with E-state index >= 15 is 0 Å². The number of aliphatic hydroxyl groups excluding tert-OH is 1. The first-order valence-electron chi connectivity index (χ1n) is 5.13. The molecule has 0 fully saturated rings. The average Bonchev–Trinajstić information content (AvgIpc) is 2.33. The van der Waals surface area contributed by atoms with Crippen LogP contribution in [0.2, 0.25) is 0 Å². The SMILES string of the molecule is O=C(C#CCCCO)OCc1ccccc1. The fraction of sp³-hybridized carbons (Fsp3) is 0.308. The lowest BCUT2D eigenvalue weighted by Crippen LogP contribution is -2.01. The molecule has 0 saturated carbocycles. The average molecular weight is 218 g/mol. The molecule has 0 spiro atoms. The van der Waals surface area contributed by atoms with Gasteiger partial charge in [-0.3, -0.25) is 0 Å². The number of unbranched alkanes of at least 4 members (excludes halogenated alkanes) is 1. The summed E-state index contributed by atoms with van der Waals surface area (Å²) >= 11 is 0. The molecule has 0 unspecified atom stereocenters. The zero-order chi connectivity index (χ0) is 11.6. The third-order valence-corrected chi connectivity index (χ3v) is 1.86. The molecule has 0 amide bonds. The third kappa shape index (κ3) is 5.18. The number of aliphatic hydroxyl groups is 1. The van der Waals surface area contributed by atoms with Gasteiger partial charge in [-0.25, -0.2) is 4.79 Å². The van der Waals surface area contributed by atoms with Gasteiger partial charge in [0, 0.05) is 18.9 Å². The van der Waals surface area contributed by atoms with Crippen LogP contribution in [0.3, 0.4) is 0 Å². The van der Waals surface area contributed by atoms with Crippen LogP contribution < -0.4 is 0 Å². The summed E-state index contributed by atoms with van der Waals surface area (Å²) in [6.07, 6.45) is 1.09. The van der Waals surface area contributed by atoms with Crippen molar-refractivity contribution in [1.82, 2.24) is 0 Å². The molecule has 0 saturated heterocycles. The van der Waals surface area contributed by atoms with Crippen LogP contribution in [-0.2, 0) is 16.1 Å². The molecule has 84 valence electrons. The molecule has 3 nitrogen and oxygen atoms in total. The Morgan fingerprint density at radius 2 is 2.06 bits per heavy atom. The largest absolute Gasteiger partial charge is 0.451 e. The lowest BCUT2D eigenvalue weighted by molar-refractivity contribution is -0.137. The van der Waals surface area contributed by atoms with Crippen LogP contribution >= 0.6 is 0 Å². The Bertz CT molecular complexity index is 373. The smallest absolute Gasteiger partial charge is 0.384 e. The summed E-state index contributed by atoms with van der Waals surface area (Å²) in [6, 6.07) is 9.44. The second-order valence-electron chi connectivity index (χ2n) is 3.19. The van der Waals surface area contributed by atoms with Gasteiger partial charge < -0.3 is 9.84 Å². The molecule has 0 atom stereocenters. The first-order chi connectivity index (χ1) is 7.83. The number of hydrogen-bond donors (Lipinski definition) is 1. The van der Waals surface area contributed by atoms with Crippen molar-refractivity contribution in [3.63, 3.8) is 0 Å². The number of esters is 1. The predicted octanol–water partition coefficient (Wildman–Crippen LogP) is 1.51. The van der Waals surface area contributed by atoms with E-state index in [2.05, 4.69) is 11.8 Å². The van der Waals surface area contributed by atoms with E-state index in [4.69, 9.17) is 9.84 Å². The number of rotatable bonds is 4. The van der Waals surface area contributed by atoms with Crippen LogP contribution in [0.5, 0.6) is 0 Å². The van der Waals surface area contributed by atoms with Crippen LogP contribution in [0.4, 0.5) is 0 Å². The first kappa shape index (κ1) is 12.3. The maximum absolute atomic E-state index is 11.1. The number of hydrogen-bond acceptors (Lipinski definition) is 3. The third-order valence-electron chi connectivity index (χ3n) is 1.86. The highest BCUT2D eigenvalue weighted by Crippen LogP contribution is 2.00. The molecule has 0 aromatic heterocycles. The Labute approximate surface area is 95.1 Å². The van der Waals surface area contributed by atoms with Gasteiger partial charge in [0.2, 0.25) is 0 Å². The van der Waals surface area contributed by atoms with Crippen molar-refractivity contribution in [1.29, 1.82) is 0 Å². The molecule has 0 aliphatic carbocycles. The molecule has 1 rings (SSSR count). The summed E-state index contributed by atoms with van der Waals surface area (Å²) < 4.78 is 4.93. The quantitative estimate of drug-likeness (QED) is 0.360. The minimum atomic E-state index is -0.526. The molecule has 16 heavy (non-hydrogen) atoms. The lowest BCUT2D eigenvalue weighted by atomic mass is 10.2. The number of carbonyl (C=O) groups excluding carboxylic acids is 1. The van der Waals surface area contributed by atoms with Crippen molar-refractivity contribution in [3.8, 4) is 11.8 Å². The standard InChI is InChI=1S/C13H14O3/c14-10-6-2-5-9-13(15)16-11-12-7-3-1-4-8-12/h1,3-4,7-8,14H,2,6,10-11H2. The molecule has 1 N–H and O–H groups in total. The monoisotopic (exact) mass is 218 g/mol. The number of carbonyl (C=O) groups is 1. The van der Waals surface area contributed by atoms with E-state index < -0.39 is 5.97 Å². The minimum absolute atomic E-state index is 0.0910. The molecule has 0 aliphatic heterocycles. The van der Waals surface area contributed by atoms with Crippen molar-refractivity contribution in [2.75, 3.05) is 6.61 Å². The van der Waals surface area contributed by atoms with E-state index in [1.165, 1.54) is 0 Å². The van der Waals surface area contributed by atoms with Crippen LogP contribution in [0.1, 0.15) is 18.4 Å². The zero-order valence-electron chi connectivity index (χ0n) is 8.98. The van der Waals surface area contributed by atoms with E-state index in [0.29, 0.717) is 12.8 Å². The molecule has 0 bridgehead atoms. The molecule has 1 aromatic rings. The van der Waals surface area contributed by atoms with Gasteiger partial charge in [-0.1, -0.05) is 36.3 Å². The molecular formula is C13H14O3. The fourth-order valence-corrected chi connectivity index (χ4v) is 1.06. The molecular weight excluding hydrogens is 204 g/mol. The van der Waals surface area contributed by atoms with Crippen LogP contribution in [-0.4, -0.2) is 17.7 Å². The van der Waals surface area contributed by atoms with E-state index in [1.807, 2.05) is 30.3 Å². The molecule has 0 radical (unpaired) electrons. The lowest BCUT2D eigenvalue weighted by Gasteiger charge is -1.99. The predicted molar refractivity (Wildman–Crippen MR) is 60.3 cm³/mol. The van der Waals surface area contributed by atoms with E-state index in [9.17, 15) is 4.79 Å². The van der Waals surface area contributed by atoms with Gasteiger partial charge in [0.05, 0.1) is 0 Å². The van der Waals surface area contributed by atoms with E-state index in [0.717, 1.165) is 5.56 Å². The molecule has 0 heterocycles. The highest BCUT2D eigenvalue weighted by Gasteiger charge is 1.97. The summed E-state index contributed by atoms with van der Waals surface area (Å²) in [5, 5.41) is 8.50. The summed E-state index contributed by atoms with van der Waals surface area (Å²) in [6.45, 7) is 0.335. The Kier molecular flexibility index (Phi) is 5.75. The first-order valence-corrected chi connectivity index (χ1v) is 5.13. The van der Waals surface area contributed by atoms with Crippen molar-refractivity contribution in [2.24, 2.45) is 0 Å².